The number of carboxylic acids is 1. The highest BCUT2D eigenvalue weighted by atomic mass is 16.4. The van der Waals surface area contributed by atoms with Crippen LogP contribution in [0.2, 0.25) is 0 Å². The predicted octanol–water partition coefficient (Wildman–Crippen LogP) is 0.439. The lowest BCUT2D eigenvalue weighted by Crippen LogP contribution is -2.47. The normalized spacial score (nSPS) is 20.8. The van der Waals surface area contributed by atoms with Gasteiger partial charge >= 0.3 is 12.0 Å². The van der Waals surface area contributed by atoms with E-state index in [1.807, 2.05) is 27.7 Å². The summed E-state index contributed by atoms with van der Waals surface area (Å²) in [5.41, 5.74) is 4.91. The topological polar surface area (TPSA) is 122 Å². The van der Waals surface area contributed by atoms with Crippen LogP contribution in [0.25, 0.3) is 0 Å². The van der Waals surface area contributed by atoms with E-state index >= 15 is 0 Å². The Morgan fingerprint density at radius 3 is 2.05 bits per heavy atom. The van der Waals surface area contributed by atoms with E-state index in [1.54, 1.807) is 0 Å². The van der Waals surface area contributed by atoms with Gasteiger partial charge in [0, 0.05) is 12.5 Å². The second kappa shape index (κ2) is 5.30. The molecule has 0 aromatic heterocycles. The highest BCUT2D eigenvalue weighted by Crippen LogP contribution is 2.62. The number of carboxylic acid groups (broad SMARTS) is 1. The lowest BCUT2D eigenvalue weighted by molar-refractivity contribution is -0.139. The van der Waals surface area contributed by atoms with Gasteiger partial charge in [0.1, 0.15) is 6.04 Å². The number of nitrogens with one attached hydrogen (secondary N) is 2. The minimum atomic E-state index is -1.18. The number of amides is 3. The molecule has 1 atom stereocenters. The Hall–Kier alpha value is -1.79. The monoisotopic (exact) mass is 285 g/mol. The van der Waals surface area contributed by atoms with Crippen molar-refractivity contribution in [3.05, 3.63) is 0 Å². The van der Waals surface area contributed by atoms with Gasteiger partial charge < -0.3 is 21.5 Å². The van der Waals surface area contributed by atoms with Crippen LogP contribution in [0.3, 0.4) is 0 Å². The largest absolute Gasteiger partial charge is 0.480 e. The molecule has 0 heterocycles. The van der Waals surface area contributed by atoms with E-state index in [-0.39, 0.29) is 29.7 Å². The second-order valence-electron chi connectivity index (χ2n) is 6.39. The Kier molecular flexibility index (Phi) is 4.31. The van der Waals surface area contributed by atoms with E-state index in [0.717, 1.165) is 0 Å². The first kappa shape index (κ1) is 16.3. The summed E-state index contributed by atoms with van der Waals surface area (Å²) in [5, 5.41) is 14.1. The van der Waals surface area contributed by atoms with E-state index in [9.17, 15) is 14.4 Å². The van der Waals surface area contributed by atoms with Crippen LogP contribution in [0.5, 0.6) is 0 Å². The van der Waals surface area contributed by atoms with Crippen molar-refractivity contribution in [2.45, 2.75) is 52.6 Å². The van der Waals surface area contributed by atoms with Gasteiger partial charge in [-0.05, 0) is 17.3 Å². The summed E-state index contributed by atoms with van der Waals surface area (Å²) >= 11 is 0. The Bertz CT molecular complexity index is 417. The lowest BCUT2D eigenvalue weighted by Gasteiger charge is -2.15. The number of carbonyl (C=O) groups is 3. The van der Waals surface area contributed by atoms with E-state index < -0.39 is 23.9 Å². The SMILES string of the molecule is CC1(C)C(NC(=O)N[C@@H](CCC(N)=O)C(=O)O)C1(C)C. The fourth-order valence-corrected chi connectivity index (χ4v) is 2.43. The van der Waals surface area contributed by atoms with Crippen molar-refractivity contribution >= 4 is 17.9 Å². The molecule has 1 fully saturated rings. The van der Waals surface area contributed by atoms with Crippen LogP contribution in [0.4, 0.5) is 4.79 Å². The maximum absolute atomic E-state index is 11.8. The van der Waals surface area contributed by atoms with Crippen LogP contribution >= 0.6 is 0 Å². The van der Waals surface area contributed by atoms with Gasteiger partial charge in [0.15, 0.2) is 0 Å². The summed E-state index contributed by atoms with van der Waals surface area (Å²) in [5.74, 6) is -1.78. The lowest BCUT2D eigenvalue weighted by atomic mass is 10.0. The van der Waals surface area contributed by atoms with Gasteiger partial charge in [0.05, 0.1) is 0 Å². The highest BCUT2D eigenvalue weighted by molar-refractivity contribution is 5.83. The molecule has 7 nitrogen and oxygen atoms in total. The van der Waals surface area contributed by atoms with Gasteiger partial charge in [-0.3, -0.25) is 4.79 Å². The molecular formula is C13H23N3O4. The minimum Gasteiger partial charge on any atom is -0.480 e. The Balaban J connectivity index is 2.52. The Labute approximate surface area is 118 Å². The molecule has 20 heavy (non-hydrogen) atoms. The van der Waals surface area contributed by atoms with Gasteiger partial charge in [0.25, 0.3) is 0 Å². The average molecular weight is 285 g/mol. The zero-order chi connectivity index (χ0) is 15.7. The third kappa shape index (κ3) is 3.20. The molecule has 7 heteroatoms. The van der Waals surface area contributed by atoms with E-state index in [1.165, 1.54) is 0 Å². The molecule has 3 amide bonds. The molecule has 0 bridgehead atoms. The smallest absolute Gasteiger partial charge is 0.326 e. The van der Waals surface area contributed by atoms with Crippen LogP contribution in [-0.2, 0) is 9.59 Å². The molecule has 0 unspecified atom stereocenters. The van der Waals surface area contributed by atoms with Crippen LogP contribution in [0, 0.1) is 10.8 Å². The van der Waals surface area contributed by atoms with Gasteiger partial charge in [-0.1, -0.05) is 27.7 Å². The standard InChI is InChI=1S/C13H23N3O4/c1-12(2)10(13(12,3)4)16-11(20)15-7(9(18)19)5-6-8(14)17/h7,10H,5-6H2,1-4H3,(H2,14,17)(H,18,19)(H2,15,16,20)/t7-/m0/s1. The third-order valence-corrected chi connectivity index (χ3v) is 4.58. The molecule has 0 aliphatic heterocycles. The molecule has 1 aliphatic rings. The molecule has 1 rings (SSSR count). The summed E-state index contributed by atoms with van der Waals surface area (Å²) in [7, 11) is 0. The van der Waals surface area contributed by atoms with Crippen LogP contribution in [-0.4, -0.2) is 35.1 Å². The molecule has 5 N–H and O–H groups in total. The second-order valence-corrected chi connectivity index (χ2v) is 6.39. The predicted molar refractivity (Wildman–Crippen MR) is 72.9 cm³/mol. The molecule has 0 aromatic rings. The number of primary amides is 1. The molecule has 114 valence electrons. The third-order valence-electron chi connectivity index (χ3n) is 4.58. The molecule has 1 aliphatic carbocycles. The van der Waals surface area contributed by atoms with Crippen molar-refractivity contribution in [3.63, 3.8) is 0 Å². The fraction of sp³-hybridized carbons (Fsp3) is 0.769. The van der Waals surface area contributed by atoms with Crippen LogP contribution in [0.1, 0.15) is 40.5 Å². The van der Waals surface area contributed by atoms with Crippen molar-refractivity contribution < 1.29 is 19.5 Å². The fourth-order valence-electron chi connectivity index (χ4n) is 2.43. The van der Waals surface area contributed by atoms with Crippen molar-refractivity contribution in [2.75, 3.05) is 0 Å². The van der Waals surface area contributed by atoms with Gasteiger partial charge in [-0.15, -0.1) is 0 Å². The highest BCUT2D eigenvalue weighted by Gasteiger charge is 2.65. The number of nitrogens with two attached hydrogens (primary N) is 1. The minimum absolute atomic E-state index is 0.0133. The summed E-state index contributed by atoms with van der Waals surface area (Å²) in [6, 6.07) is -1.67. The summed E-state index contributed by atoms with van der Waals surface area (Å²) < 4.78 is 0. The van der Waals surface area contributed by atoms with Gasteiger partial charge in [-0.2, -0.15) is 0 Å². The van der Waals surface area contributed by atoms with Crippen molar-refractivity contribution in [1.29, 1.82) is 0 Å². The molecule has 1 saturated carbocycles. The summed E-state index contributed by atoms with van der Waals surface area (Å²) in [4.78, 5) is 33.5. The zero-order valence-corrected chi connectivity index (χ0v) is 12.3. The maximum atomic E-state index is 11.8. The average Bonchev–Trinajstić information content (AvgIpc) is 2.66. The number of carbonyl (C=O) groups excluding carboxylic acids is 2. The van der Waals surface area contributed by atoms with E-state index in [2.05, 4.69) is 10.6 Å². The Morgan fingerprint density at radius 1 is 1.20 bits per heavy atom. The first-order valence-corrected chi connectivity index (χ1v) is 6.58. The van der Waals surface area contributed by atoms with Crippen molar-refractivity contribution in [3.8, 4) is 0 Å². The summed E-state index contributed by atoms with van der Waals surface area (Å²) in [6.07, 6.45) is -0.104. The number of aliphatic carboxylic acids is 1. The number of urea groups is 1. The molecule has 0 aromatic carbocycles. The van der Waals surface area contributed by atoms with Gasteiger partial charge in [-0.25, -0.2) is 9.59 Å². The number of rotatable bonds is 6. The Morgan fingerprint density at radius 2 is 1.70 bits per heavy atom. The van der Waals surface area contributed by atoms with Crippen LogP contribution < -0.4 is 16.4 Å². The van der Waals surface area contributed by atoms with E-state index in [4.69, 9.17) is 10.8 Å². The van der Waals surface area contributed by atoms with Crippen LogP contribution in [0.15, 0.2) is 0 Å². The molecule has 0 radical (unpaired) electrons. The maximum Gasteiger partial charge on any atom is 0.326 e. The molecular weight excluding hydrogens is 262 g/mol. The van der Waals surface area contributed by atoms with Gasteiger partial charge in [0.2, 0.25) is 5.91 Å². The molecule has 0 spiro atoms. The zero-order valence-electron chi connectivity index (χ0n) is 12.3. The number of hydrogen-bond donors (Lipinski definition) is 4. The van der Waals surface area contributed by atoms with Crippen molar-refractivity contribution in [1.82, 2.24) is 10.6 Å². The quantitative estimate of drug-likeness (QED) is 0.565. The first-order chi connectivity index (χ1) is 9.00. The number of hydrogen-bond acceptors (Lipinski definition) is 3. The first-order valence-electron chi connectivity index (χ1n) is 6.58. The van der Waals surface area contributed by atoms with E-state index in [0.29, 0.717) is 0 Å². The van der Waals surface area contributed by atoms with Crippen molar-refractivity contribution in [2.24, 2.45) is 16.6 Å². The molecule has 0 saturated heterocycles. The summed E-state index contributed by atoms with van der Waals surface area (Å²) in [6.45, 7) is 8.17.